The van der Waals surface area contributed by atoms with E-state index < -0.39 is 11.5 Å². The van der Waals surface area contributed by atoms with Gasteiger partial charge in [0, 0.05) is 37.3 Å². The van der Waals surface area contributed by atoms with E-state index in [0.717, 1.165) is 13.1 Å². The molecule has 24 heavy (non-hydrogen) atoms. The van der Waals surface area contributed by atoms with Gasteiger partial charge in [0.05, 0.1) is 5.41 Å². The second-order valence-electron chi connectivity index (χ2n) is 6.87. The first kappa shape index (κ1) is 18.0. The summed E-state index contributed by atoms with van der Waals surface area (Å²) in [7, 11) is 0. The number of hydrogen-bond acceptors (Lipinski definition) is 4. The molecule has 5 heteroatoms. The fraction of sp³-hybridized carbons (Fsp3) is 0.474. The minimum atomic E-state index is -0.750. The average Bonchev–Trinajstić information content (AvgIpc) is 2.59. The van der Waals surface area contributed by atoms with E-state index in [2.05, 4.69) is 11.2 Å². The quantitative estimate of drug-likeness (QED) is 0.681. The molecule has 0 radical (unpaired) electrons. The Labute approximate surface area is 143 Å². The Bertz CT molecular complexity index is 632. The van der Waals surface area contributed by atoms with E-state index >= 15 is 0 Å². The van der Waals surface area contributed by atoms with Crippen molar-refractivity contribution in [2.75, 3.05) is 26.2 Å². The summed E-state index contributed by atoms with van der Waals surface area (Å²) in [5.41, 5.74) is 0.679. The van der Waals surface area contributed by atoms with Crippen molar-refractivity contribution >= 4 is 11.9 Å². The minimum Gasteiger partial charge on any atom is -0.444 e. The highest BCUT2D eigenvalue weighted by molar-refractivity contribution is 5.94. The Morgan fingerprint density at radius 2 is 1.79 bits per heavy atom. The largest absolute Gasteiger partial charge is 0.444 e. The van der Waals surface area contributed by atoms with Gasteiger partial charge in [-0.05, 0) is 32.9 Å². The van der Waals surface area contributed by atoms with Gasteiger partial charge in [-0.2, -0.15) is 0 Å². The maximum Gasteiger partial charge on any atom is 0.312 e. The summed E-state index contributed by atoms with van der Waals surface area (Å²) in [6, 6.07) is 6.95. The molecule has 1 amide bonds. The van der Waals surface area contributed by atoms with Crippen LogP contribution < -0.4 is 5.32 Å². The highest BCUT2D eigenvalue weighted by Gasteiger charge is 2.26. The summed E-state index contributed by atoms with van der Waals surface area (Å²) in [6.07, 6.45) is 4.75. The van der Waals surface area contributed by atoms with Crippen LogP contribution in [0.5, 0.6) is 0 Å². The molecule has 1 N–H and O–H groups in total. The second-order valence-corrected chi connectivity index (χ2v) is 6.87. The molecule has 0 aromatic heterocycles. The first-order valence-corrected chi connectivity index (χ1v) is 8.10. The Morgan fingerprint density at radius 1 is 1.21 bits per heavy atom. The smallest absolute Gasteiger partial charge is 0.312 e. The predicted octanol–water partition coefficient (Wildman–Crippen LogP) is 2.00. The van der Waals surface area contributed by atoms with E-state index in [1.165, 1.54) is 0 Å². The molecule has 1 heterocycles. The molecule has 0 saturated carbocycles. The van der Waals surface area contributed by atoms with Gasteiger partial charge in [0.15, 0.2) is 6.10 Å². The van der Waals surface area contributed by atoms with Crippen LogP contribution in [-0.2, 0) is 9.53 Å². The molecule has 1 aromatic rings. The van der Waals surface area contributed by atoms with Crippen LogP contribution in [-0.4, -0.2) is 43.0 Å². The molecular weight excluding hydrogens is 304 g/mol. The zero-order valence-corrected chi connectivity index (χ0v) is 14.5. The maximum atomic E-state index is 12.4. The van der Waals surface area contributed by atoms with Gasteiger partial charge in [-0.3, -0.25) is 9.59 Å². The van der Waals surface area contributed by atoms with E-state index in [4.69, 9.17) is 11.2 Å². The molecule has 2 rings (SSSR count). The minimum absolute atomic E-state index is 0.00648. The molecule has 1 unspecified atom stereocenters. The van der Waals surface area contributed by atoms with Gasteiger partial charge in [-0.25, -0.2) is 0 Å². The van der Waals surface area contributed by atoms with Gasteiger partial charge in [0.2, 0.25) is 0 Å². The van der Waals surface area contributed by atoms with Crippen molar-refractivity contribution < 1.29 is 14.3 Å². The molecular formula is C19H24N2O3. The Hall–Kier alpha value is -2.32. The summed E-state index contributed by atoms with van der Waals surface area (Å²) in [6.45, 7) is 8.36. The summed E-state index contributed by atoms with van der Waals surface area (Å²) in [4.78, 5) is 26.3. The monoisotopic (exact) mass is 328 g/mol. The van der Waals surface area contributed by atoms with Crippen molar-refractivity contribution in [2.24, 2.45) is 5.41 Å². The standard InChI is InChI=1S/C19H24N2O3/c1-5-16(24-18(23)19(2,3)4)14-6-8-15(9-7-14)17(22)21-12-10-20-11-13-21/h1,6-9,16,20H,10-13H2,2-4H3. The molecule has 1 aliphatic rings. The van der Waals surface area contributed by atoms with Gasteiger partial charge < -0.3 is 15.0 Å². The number of benzene rings is 1. The molecule has 1 aliphatic heterocycles. The van der Waals surface area contributed by atoms with Gasteiger partial charge in [-0.1, -0.05) is 18.1 Å². The number of carbonyl (C=O) groups is 2. The third-order valence-electron chi connectivity index (χ3n) is 3.85. The third kappa shape index (κ3) is 4.36. The predicted molar refractivity (Wildman–Crippen MR) is 92.3 cm³/mol. The summed E-state index contributed by atoms with van der Waals surface area (Å²) >= 11 is 0. The van der Waals surface area contributed by atoms with Crippen LogP contribution in [0.2, 0.25) is 0 Å². The van der Waals surface area contributed by atoms with E-state index in [9.17, 15) is 9.59 Å². The highest BCUT2D eigenvalue weighted by Crippen LogP contribution is 2.23. The Kier molecular flexibility index (Phi) is 5.63. The zero-order chi connectivity index (χ0) is 17.7. The van der Waals surface area contributed by atoms with E-state index in [1.54, 1.807) is 45.0 Å². The van der Waals surface area contributed by atoms with Crippen LogP contribution in [0.15, 0.2) is 24.3 Å². The summed E-state index contributed by atoms with van der Waals surface area (Å²) in [5, 5.41) is 3.22. The Balaban J connectivity index is 2.08. The fourth-order valence-corrected chi connectivity index (χ4v) is 2.33. The molecule has 1 atom stereocenters. The molecule has 1 fully saturated rings. The van der Waals surface area contributed by atoms with Crippen LogP contribution in [0.3, 0.4) is 0 Å². The van der Waals surface area contributed by atoms with Crippen molar-refractivity contribution in [3.63, 3.8) is 0 Å². The number of rotatable bonds is 3. The lowest BCUT2D eigenvalue weighted by molar-refractivity contribution is -0.156. The summed E-state index contributed by atoms with van der Waals surface area (Å²) in [5.74, 6) is 2.14. The van der Waals surface area contributed by atoms with Gasteiger partial charge in [-0.15, -0.1) is 6.42 Å². The number of ether oxygens (including phenoxy) is 1. The van der Waals surface area contributed by atoms with E-state index in [1.807, 2.05) is 4.90 Å². The molecule has 0 aliphatic carbocycles. The van der Waals surface area contributed by atoms with Crippen LogP contribution in [0, 0.1) is 17.8 Å². The molecule has 128 valence electrons. The fourth-order valence-electron chi connectivity index (χ4n) is 2.33. The SMILES string of the molecule is C#CC(OC(=O)C(C)(C)C)c1ccc(C(=O)N2CCNCC2)cc1. The van der Waals surface area contributed by atoms with Crippen LogP contribution in [0.25, 0.3) is 0 Å². The van der Waals surface area contributed by atoms with Crippen molar-refractivity contribution in [1.82, 2.24) is 10.2 Å². The maximum absolute atomic E-state index is 12.4. The van der Waals surface area contributed by atoms with E-state index in [0.29, 0.717) is 24.2 Å². The number of amides is 1. The normalized spacial score (nSPS) is 16.2. The number of esters is 1. The number of nitrogens with one attached hydrogen (secondary N) is 1. The Morgan fingerprint density at radius 3 is 2.29 bits per heavy atom. The van der Waals surface area contributed by atoms with Gasteiger partial charge in [0.1, 0.15) is 0 Å². The summed E-state index contributed by atoms with van der Waals surface area (Å²) < 4.78 is 5.39. The van der Waals surface area contributed by atoms with Crippen LogP contribution in [0.4, 0.5) is 0 Å². The number of nitrogens with zero attached hydrogens (tertiary/aromatic N) is 1. The lowest BCUT2D eigenvalue weighted by atomic mass is 9.97. The molecule has 0 spiro atoms. The van der Waals surface area contributed by atoms with Gasteiger partial charge >= 0.3 is 5.97 Å². The number of piperazine rings is 1. The van der Waals surface area contributed by atoms with Crippen molar-refractivity contribution in [2.45, 2.75) is 26.9 Å². The number of carbonyl (C=O) groups excluding carboxylic acids is 2. The number of hydrogen-bond donors (Lipinski definition) is 1. The topological polar surface area (TPSA) is 58.6 Å². The van der Waals surface area contributed by atoms with E-state index in [-0.39, 0.29) is 11.9 Å². The van der Waals surface area contributed by atoms with Crippen LogP contribution in [0.1, 0.15) is 42.8 Å². The van der Waals surface area contributed by atoms with Crippen molar-refractivity contribution in [3.8, 4) is 12.3 Å². The first-order valence-electron chi connectivity index (χ1n) is 8.10. The second kappa shape index (κ2) is 7.50. The molecule has 5 nitrogen and oxygen atoms in total. The third-order valence-corrected chi connectivity index (χ3v) is 3.85. The van der Waals surface area contributed by atoms with Gasteiger partial charge in [0.25, 0.3) is 5.91 Å². The molecule has 1 aromatic carbocycles. The lowest BCUT2D eigenvalue weighted by Crippen LogP contribution is -2.46. The zero-order valence-electron chi connectivity index (χ0n) is 14.5. The van der Waals surface area contributed by atoms with Crippen LogP contribution >= 0.6 is 0 Å². The molecule has 0 bridgehead atoms. The molecule has 1 saturated heterocycles. The van der Waals surface area contributed by atoms with Crippen molar-refractivity contribution in [1.29, 1.82) is 0 Å². The number of terminal acetylenes is 1. The highest BCUT2D eigenvalue weighted by atomic mass is 16.5. The van der Waals surface area contributed by atoms with Crippen molar-refractivity contribution in [3.05, 3.63) is 35.4 Å². The lowest BCUT2D eigenvalue weighted by Gasteiger charge is -2.27. The first-order chi connectivity index (χ1) is 11.3. The average molecular weight is 328 g/mol.